The highest BCUT2D eigenvalue weighted by atomic mass is 32.2. The molecule has 5 nitrogen and oxygen atoms in total. The summed E-state index contributed by atoms with van der Waals surface area (Å²) in [5, 5.41) is 3.13. The average Bonchev–Trinajstić information content (AvgIpc) is 2.18. The molecule has 6 heteroatoms. The van der Waals surface area contributed by atoms with Crippen LogP contribution in [0.4, 0.5) is 0 Å². The van der Waals surface area contributed by atoms with Crippen molar-refractivity contribution >= 4 is 10.2 Å². The number of hydrogen-bond donors (Lipinski definition) is 2. The minimum absolute atomic E-state index is 0.371. The molecule has 0 radical (unpaired) electrons. The summed E-state index contributed by atoms with van der Waals surface area (Å²) in [6.07, 6.45) is 0.776. The van der Waals surface area contributed by atoms with Gasteiger partial charge >= 0.3 is 0 Å². The van der Waals surface area contributed by atoms with Gasteiger partial charge in [-0.2, -0.15) is 17.4 Å². The maximum absolute atomic E-state index is 11.9. The fourth-order valence-corrected chi connectivity index (χ4v) is 3.01. The van der Waals surface area contributed by atoms with Crippen molar-refractivity contribution in [3.63, 3.8) is 0 Å². The van der Waals surface area contributed by atoms with Gasteiger partial charge in [-0.3, -0.25) is 0 Å². The third-order valence-corrected chi connectivity index (χ3v) is 4.56. The van der Waals surface area contributed by atoms with Crippen molar-refractivity contribution in [2.45, 2.75) is 32.7 Å². The average molecular weight is 235 g/mol. The first-order chi connectivity index (χ1) is 6.87. The quantitative estimate of drug-likeness (QED) is 0.716. The Labute approximate surface area is 92.4 Å². The van der Waals surface area contributed by atoms with E-state index in [4.69, 9.17) is 0 Å². The van der Waals surface area contributed by atoms with E-state index in [1.165, 1.54) is 4.31 Å². The Morgan fingerprint density at radius 2 is 1.87 bits per heavy atom. The fourth-order valence-electron chi connectivity index (χ4n) is 1.37. The lowest BCUT2D eigenvalue weighted by molar-refractivity contribution is 0.338. The second kappa shape index (κ2) is 4.78. The number of nitrogens with zero attached hydrogens (tertiary/aromatic N) is 1. The zero-order valence-electron chi connectivity index (χ0n) is 9.71. The van der Waals surface area contributed by atoms with Crippen LogP contribution in [0.1, 0.15) is 27.2 Å². The van der Waals surface area contributed by atoms with E-state index in [9.17, 15) is 8.42 Å². The summed E-state index contributed by atoms with van der Waals surface area (Å²) < 4.78 is 28.1. The standard InChI is InChI=1S/C9H21N3O2S/c1-4-9(2,3)11-15(13,14)12-7-5-10-6-8-12/h10-11H,4-8H2,1-3H3. The molecule has 1 fully saturated rings. The summed E-state index contributed by atoms with van der Waals surface area (Å²) in [6, 6.07) is 0. The van der Waals surface area contributed by atoms with Gasteiger partial charge in [0.25, 0.3) is 10.2 Å². The van der Waals surface area contributed by atoms with E-state index in [1.807, 2.05) is 20.8 Å². The van der Waals surface area contributed by atoms with Crippen LogP contribution in [0.2, 0.25) is 0 Å². The molecule has 1 heterocycles. The molecule has 1 rings (SSSR count). The molecule has 0 aromatic carbocycles. The molecule has 0 bridgehead atoms. The topological polar surface area (TPSA) is 61.4 Å². The van der Waals surface area contributed by atoms with Gasteiger partial charge < -0.3 is 5.32 Å². The van der Waals surface area contributed by atoms with Crippen molar-refractivity contribution < 1.29 is 8.42 Å². The molecular weight excluding hydrogens is 214 g/mol. The van der Waals surface area contributed by atoms with Gasteiger partial charge in [0.15, 0.2) is 0 Å². The molecule has 1 aliphatic rings. The lowest BCUT2D eigenvalue weighted by Gasteiger charge is -2.31. The summed E-state index contributed by atoms with van der Waals surface area (Å²) in [6.45, 7) is 8.32. The Morgan fingerprint density at radius 3 is 2.33 bits per heavy atom. The van der Waals surface area contributed by atoms with Gasteiger partial charge in [0.05, 0.1) is 0 Å². The molecular formula is C9H21N3O2S. The number of hydrogen-bond acceptors (Lipinski definition) is 3. The minimum atomic E-state index is -3.31. The van der Waals surface area contributed by atoms with Crippen molar-refractivity contribution in [1.82, 2.24) is 14.3 Å². The second-order valence-electron chi connectivity index (χ2n) is 4.49. The predicted octanol–water partition coefficient (Wildman–Crippen LogP) is -0.0854. The highest BCUT2D eigenvalue weighted by molar-refractivity contribution is 7.87. The van der Waals surface area contributed by atoms with E-state index in [-0.39, 0.29) is 5.54 Å². The molecule has 90 valence electrons. The van der Waals surface area contributed by atoms with Crippen LogP contribution in [-0.2, 0) is 10.2 Å². The summed E-state index contributed by atoms with van der Waals surface area (Å²) >= 11 is 0. The molecule has 0 atom stereocenters. The highest BCUT2D eigenvalue weighted by Gasteiger charge is 2.29. The van der Waals surface area contributed by atoms with Gasteiger partial charge in [0, 0.05) is 31.7 Å². The third kappa shape index (κ3) is 3.71. The highest BCUT2D eigenvalue weighted by Crippen LogP contribution is 2.11. The Hall–Kier alpha value is -0.170. The number of rotatable bonds is 4. The van der Waals surface area contributed by atoms with E-state index in [1.54, 1.807) is 0 Å². The number of nitrogens with one attached hydrogen (secondary N) is 2. The van der Waals surface area contributed by atoms with Gasteiger partial charge in [-0.05, 0) is 20.3 Å². The second-order valence-corrected chi connectivity index (χ2v) is 6.16. The molecule has 0 saturated carbocycles. The largest absolute Gasteiger partial charge is 0.314 e. The molecule has 1 saturated heterocycles. The Morgan fingerprint density at radius 1 is 1.33 bits per heavy atom. The third-order valence-electron chi connectivity index (χ3n) is 2.71. The van der Waals surface area contributed by atoms with E-state index in [0.717, 1.165) is 19.5 Å². The van der Waals surface area contributed by atoms with Crippen molar-refractivity contribution in [1.29, 1.82) is 0 Å². The van der Waals surface area contributed by atoms with Crippen LogP contribution in [-0.4, -0.2) is 44.4 Å². The summed E-state index contributed by atoms with van der Waals surface area (Å²) in [7, 11) is -3.31. The maximum Gasteiger partial charge on any atom is 0.280 e. The summed E-state index contributed by atoms with van der Waals surface area (Å²) in [4.78, 5) is 0. The summed E-state index contributed by atoms with van der Waals surface area (Å²) in [5.41, 5.74) is -0.371. The zero-order chi connectivity index (χ0) is 11.5. The predicted molar refractivity (Wildman–Crippen MR) is 60.9 cm³/mol. The fraction of sp³-hybridized carbons (Fsp3) is 1.00. The van der Waals surface area contributed by atoms with Gasteiger partial charge in [-0.1, -0.05) is 6.92 Å². The monoisotopic (exact) mass is 235 g/mol. The molecule has 0 aromatic rings. The normalized spacial score (nSPS) is 20.5. The van der Waals surface area contributed by atoms with Crippen molar-refractivity contribution in [3.05, 3.63) is 0 Å². The lowest BCUT2D eigenvalue weighted by Crippen LogP contribution is -2.54. The Balaban J connectivity index is 2.65. The molecule has 1 aliphatic heterocycles. The van der Waals surface area contributed by atoms with Crippen molar-refractivity contribution in [2.75, 3.05) is 26.2 Å². The maximum atomic E-state index is 11.9. The first kappa shape index (κ1) is 12.9. The summed E-state index contributed by atoms with van der Waals surface area (Å²) in [5.74, 6) is 0. The van der Waals surface area contributed by atoms with Crippen LogP contribution in [0, 0.1) is 0 Å². The van der Waals surface area contributed by atoms with Crippen LogP contribution in [0.15, 0.2) is 0 Å². The first-order valence-electron chi connectivity index (χ1n) is 5.37. The van der Waals surface area contributed by atoms with Crippen molar-refractivity contribution in [3.8, 4) is 0 Å². The van der Waals surface area contributed by atoms with Gasteiger partial charge in [0.2, 0.25) is 0 Å². The molecule has 0 unspecified atom stereocenters. The smallest absolute Gasteiger partial charge is 0.280 e. The van der Waals surface area contributed by atoms with Crippen LogP contribution in [0.5, 0.6) is 0 Å². The molecule has 0 aliphatic carbocycles. The molecule has 0 spiro atoms. The van der Waals surface area contributed by atoms with Crippen LogP contribution < -0.4 is 10.0 Å². The van der Waals surface area contributed by atoms with Crippen molar-refractivity contribution in [2.24, 2.45) is 0 Å². The van der Waals surface area contributed by atoms with E-state index < -0.39 is 10.2 Å². The van der Waals surface area contributed by atoms with Crippen LogP contribution >= 0.6 is 0 Å². The Kier molecular flexibility index (Phi) is 4.11. The van der Waals surface area contributed by atoms with Gasteiger partial charge in [0.1, 0.15) is 0 Å². The molecule has 0 aromatic heterocycles. The zero-order valence-corrected chi connectivity index (χ0v) is 10.5. The van der Waals surface area contributed by atoms with E-state index in [2.05, 4.69) is 10.0 Å². The number of piperazine rings is 1. The lowest BCUT2D eigenvalue weighted by atomic mass is 10.0. The van der Waals surface area contributed by atoms with E-state index in [0.29, 0.717) is 13.1 Å². The van der Waals surface area contributed by atoms with Gasteiger partial charge in [-0.15, -0.1) is 0 Å². The first-order valence-corrected chi connectivity index (χ1v) is 6.81. The van der Waals surface area contributed by atoms with Crippen LogP contribution in [0.25, 0.3) is 0 Å². The molecule has 0 amide bonds. The Bertz CT molecular complexity index is 294. The van der Waals surface area contributed by atoms with Gasteiger partial charge in [-0.25, -0.2) is 0 Å². The molecule has 2 N–H and O–H groups in total. The SMILES string of the molecule is CCC(C)(C)NS(=O)(=O)N1CCNCC1. The minimum Gasteiger partial charge on any atom is -0.314 e. The molecule has 15 heavy (non-hydrogen) atoms. The van der Waals surface area contributed by atoms with Crippen LogP contribution in [0.3, 0.4) is 0 Å². The van der Waals surface area contributed by atoms with E-state index >= 15 is 0 Å².